The van der Waals surface area contributed by atoms with Gasteiger partial charge in [-0.1, -0.05) is 6.92 Å². The summed E-state index contributed by atoms with van der Waals surface area (Å²) in [5, 5.41) is 0. The van der Waals surface area contributed by atoms with Crippen LogP contribution in [0.3, 0.4) is 0 Å². The lowest BCUT2D eigenvalue weighted by Crippen LogP contribution is -2.49. The molecule has 0 saturated carbocycles. The quantitative estimate of drug-likeness (QED) is 0.915. The van der Waals surface area contributed by atoms with Crippen molar-refractivity contribution in [1.29, 1.82) is 0 Å². The molecule has 0 radical (unpaired) electrons. The zero-order chi connectivity index (χ0) is 13.1. The summed E-state index contributed by atoms with van der Waals surface area (Å²) in [5.41, 5.74) is 5.68. The summed E-state index contributed by atoms with van der Waals surface area (Å²) in [6, 6.07) is 3.21. The van der Waals surface area contributed by atoms with Gasteiger partial charge in [-0.3, -0.25) is 4.79 Å². The Kier molecular flexibility index (Phi) is 5.85. The SMILES string of the molecule is CCc1ccc(C2COCCN2C(=O)C(C)N)o1.Cl. The minimum atomic E-state index is -0.494. The fourth-order valence-electron chi connectivity index (χ4n) is 2.13. The lowest BCUT2D eigenvalue weighted by molar-refractivity contribution is -0.142. The molecule has 19 heavy (non-hydrogen) atoms. The summed E-state index contributed by atoms with van der Waals surface area (Å²) < 4.78 is 11.2. The smallest absolute Gasteiger partial charge is 0.239 e. The average molecular weight is 289 g/mol. The van der Waals surface area contributed by atoms with Gasteiger partial charge in [0.15, 0.2) is 0 Å². The molecule has 0 aromatic carbocycles. The number of halogens is 1. The number of aryl methyl sites for hydroxylation is 1. The number of hydrogen-bond acceptors (Lipinski definition) is 4. The van der Waals surface area contributed by atoms with E-state index in [-0.39, 0.29) is 24.4 Å². The van der Waals surface area contributed by atoms with Gasteiger partial charge < -0.3 is 19.8 Å². The van der Waals surface area contributed by atoms with Crippen molar-refractivity contribution in [3.8, 4) is 0 Å². The van der Waals surface area contributed by atoms with Gasteiger partial charge in [-0.25, -0.2) is 0 Å². The molecular formula is C13H21ClN2O3. The van der Waals surface area contributed by atoms with Crippen molar-refractivity contribution in [3.05, 3.63) is 23.7 Å². The van der Waals surface area contributed by atoms with Crippen LogP contribution in [0, 0.1) is 0 Å². The number of nitrogens with two attached hydrogens (primary N) is 1. The van der Waals surface area contributed by atoms with Crippen molar-refractivity contribution in [2.75, 3.05) is 19.8 Å². The first-order valence-corrected chi connectivity index (χ1v) is 6.36. The monoisotopic (exact) mass is 288 g/mol. The molecule has 1 aromatic rings. The van der Waals surface area contributed by atoms with Crippen LogP contribution in [0.15, 0.2) is 16.5 Å². The molecule has 2 heterocycles. The van der Waals surface area contributed by atoms with E-state index in [2.05, 4.69) is 0 Å². The van der Waals surface area contributed by atoms with E-state index in [1.807, 2.05) is 19.1 Å². The number of carbonyl (C=O) groups is 1. The summed E-state index contributed by atoms with van der Waals surface area (Å²) in [6.45, 7) is 5.32. The van der Waals surface area contributed by atoms with Crippen LogP contribution in [0.25, 0.3) is 0 Å². The molecule has 1 fully saturated rings. The molecule has 1 amide bonds. The number of nitrogens with zero attached hydrogens (tertiary/aromatic N) is 1. The standard InChI is InChI=1S/C13H20N2O3.ClH/c1-3-10-4-5-12(18-10)11-8-17-7-6-15(11)13(16)9(2)14;/h4-5,9,11H,3,6-8,14H2,1-2H3;1H. The fraction of sp³-hybridized carbons (Fsp3) is 0.615. The van der Waals surface area contributed by atoms with E-state index in [1.165, 1.54) is 0 Å². The summed E-state index contributed by atoms with van der Waals surface area (Å²) in [7, 11) is 0. The fourth-order valence-corrected chi connectivity index (χ4v) is 2.13. The Morgan fingerprint density at radius 3 is 2.89 bits per heavy atom. The zero-order valence-corrected chi connectivity index (χ0v) is 12.1. The molecule has 1 aromatic heterocycles. The second-order valence-electron chi connectivity index (χ2n) is 4.57. The Morgan fingerprint density at radius 2 is 2.32 bits per heavy atom. The predicted molar refractivity (Wildman–Crippen MR) is 74.3 cm³/mol. The van der Waals surface area contributed by atoms with Gasteiger partial charge in [0.25, 0.3) is 0 Å². The molecular weight excluding hydrogens is 268 g/mol. The first-order chi connectivity index (χ1) is 8.63. The van der Waals surface area contributed by atoms with E-state index in [9.17, 15) is 4.79 Å². The maximum atomic E-state index is 12.1. The van der Waals surface area contributed by atoms with Crippen molar-refractivity contribution in [1.82, 2.24) is 4.90 Å². The maximum Gasteiger partial charge on any atom is 0.239 e. The van der Waals surface area contributed by atoms with Gasteiger partial charge in [-0.2, -0.15) is 0 Å². The van der Waals surface area contributed by atoms with Crippen LogP contribution < -0.4 is 5.73 Å². The summed E-state index contributed by atoms with van der Waals surface area (Å²) >= 11 is 0. The van der Waals surface area contributed by atoms with Gasteiger partial charge >= 0.3 is 0 Å². The summed E-state index contributed by atoms with van der Waals surface area (Å²) in [5.74, 6) is 1.64. The van der Waals surface area contributed by atoms with Crippen LogP contribution in [0.2, 0.25) is 0 Å². The third-order valence-corrected chi connectivity index (χ3v) is 3.16. The number of ether oxygens (including phenoxy) is 1. The number of carbonyl (C=O) groups excluding carboxylic acids is 1. The average Bonchev–Trinajstić information content (AvgIpc) is 2.86. The number of morpholine rings is 1. The lowest BCUT2D eigenvalue weighted by Gasteiger charge is -2.35. The lowest BCUT2D eigenvalue weighted by atomic mass is 10.1. The molecule has 2 atom stereocenters. The Bertz CT molecular complexity index is 420. The minimum Gasteiger partial charge on any atom is -0.464 e. The van der Waals surface area contributed by atoms with Crippen LogP contribution in [0.1, 0.15) is 31.4 Å². The van der Waals surface area contributed by atoms with Crippen LogP contribution in [-0.2, 0) is 16.0 Å². The number of furan rings is 1. The topological polar surface area (TPSA) is 68.7 Å². The van der Waals surface area contributed by atoms with Gasteiger partial charge in [0.1, 0.15) is 17.6 Å². The first kappa shape index (κ1) is 16.0. The van der Waals surface area contributed by atoms with Crippen molar-refractivity contribution < 1.29 is 13.9 Å². The number of rotatable bonds is 3. The highest BCUT2D eigenvalue weighted by Gasteiger charge is 2.32. The van der Waals surface area contributed by atoms with Crippen LogP contribution in [-0.4, -0.2) is 36.6 Å². The van der Waals surface area contributed by atoms with Gasteiger partial charge in [-0.15, -0.1) is 12.4 Å². The molecule has 1 saturated heterocycles. The molecule has 2 N–H and O–H groups in total. The highest BCUT2D eigenvalue weighted by atomic mass is 35.5. The predicted octanol–water partition coefficient (Wildman–Crippen LogP) is 1.51. The van der Waals surface area contributed by atoms with Crippen LogP contribution in [0.4, 0.5) is 0 Å². The van der Waals surface area contributed by atoms with Crippen molar-refractivity contribution >= 4 is 18.3 Å². The van der Waals surface area contributed by atoms with Crippen molar-refractivity contribution in [2.24, 2.45) is 5.73 Å². The third-order valence-electron chi connectivity index (χ3n) is 3.16. The summed E-state index contributed by atoms with van der Waals surface area (Å²) in [6.07, 6.45) is 0.842. The second kappa shape index (κ2) is 6.93. The molecule has 5 nitrogen and oxygen atoms in total. The van der Waals surface area contributed by atoms with Crippen molar-refractivity contribution in [3.63, 3.8) is 0 Å². The molecule has 0 bridgehead atoms. The Balaban J connectivity index is 0.00000180. The largest absolute Gasteiger partial charge is 0.464 e. The Morgan fingerprint density at radius 1 is 1.58 bits per heavy atom. The Hall–Kier alpha value is -1.04. The maximum absolute atomic E-state index is 12.1. The highest BCUT2D eigenvalue weighted by molar-refractivity contribution is 5.85. The van der Waals surface area contributed by atoms with E-state index in [0.717, 1.165) is 17.9 Å². The van der Waals surface area contributed by atoms with E-state index >= 15 is 0 Å². The van der Waals surface area contributed by atoms with E-state index in [1.54, 1.807) is 11.8 Å². The minimum absolute atomic E-state index is 0. The zero-order valence-electron chi connectivity index (χ0n) is 11.3. The van der Waals surface area contributed by atoms with Gasteiger partial charge in [0, 0.05) is 13.0 Å². The van der Waals surface area contributed by atoms with E-state index in [4.69, 9.17) is 14.9 Å². The normalized spacial score (nSPS) is 20.8. The molecule has 0 spiro atoms. The molecule has 0 aliphatic carbocycles. The number of hydrogen-bond donors (Lipinski definition) is 1. The molecule has 1 aliphatic heterocycles. The molecule has 2 rings (SSSR count). The van der Waals surface area contributed by atoms with E-state index in [0.29, 0.717) is 19.8 Å². The molecule has 1 aliphatic rings. The second-order valence-corrected chi connectivity index (χ2v) is 4.57. The first-order valence-electron chi connectivity index (χ1n) is 6.36. The van der Waals surface area contributed by atoms with Gasteiger partial charge in [-0.05, 0) is 19.1 Å². The highest BCUT2D eigenvalue weighted by Crippen LogP contribution is 2.26. The Labute approximate surface area is 119 Å². The number of amides is 1. The van der Waals surface area contributed by atoms with Crippen molar-refractivity contribution in [2.45, 2.75) is 32.4 Å². The van der Waals surface area contributed by atoms with E-state index < -0.39 is 6.04 Å². The van der Waals surface area contributed by atoms with Crippen LogP contribution >= 0.6 is 12.4 Å². The molecule has 6 heteroatoms. The third kappa shape index (κ3) is 3.49. The van der Waals surface area contributed by atoms with Gasteiger partial charge in [0.2, 0.25) is 5.91 Å². The molecule has 2 unspecified atom stereocenters. The summed E-state index contributed by atoms with van der Waals surface area (Å²) in [4.78, 5) is 13.8. The molecule has 108 valence electrons. The van der Waals surface area contributed by atoms with Gasteiger partial charge in [0.05, 0.1) is 19.3 Å². The van der Waals surface area contributed by atoms with Crippen LogP contribution in [0.5, 0.6) is 0 Å².